The quantitative estimate of drug-likeness (QED) is 0.592. The molecule has 1 saturated heterocycles. The van der Waals surface area contributed by atoms with Gasteiger partial charge in [-0.05, 0) is 6.92 Å². The van der Waals surface area contributed by atoms with Gasteiger partial charge >= 0.3 is 5.97 Å². The maximum Gasteiger partial charge on any atom is 0.338 e. The molecule has 0 spiro atoms. The Kier molecular flexibility index (Phi) is 3.86. The second-order valence-corrected chi connectivity index (χ2v) is 3.43. The van der Waals surface area contributed by atoms with Crippen molar-refractivity contribution in [3.05, 3.63) is 0 Å². The molecular formula is C9H16O5. The number of aliphatic hydroxyl groups excluding tert-OH is 2. The van der Waals surface area contributed by atoms with E-state index >= 15 is 0 Å². The Balaban J connectivity index is 2.69. The van der Waals surface area contributed by atoms with Crippen LogP contribution in [0.2, 0.25) is 0 Å². The van der Waals surface area contributed by atoms with Crippen LogP contribution in [-0.4, -0.2) is 47.7 Å². The van der Waals surface area contributed by atoms with Gasteiger partial charge in [-0.25, -0.2) is 4.79 Å². The van der Waals surface area contributed by atoms with Crippen LogP contribution in [0.5, 0.6) is 0 Å². The van der Waals surface area contributed by atoms with E-state index in [1.165, 1.54) is 0 Å². The largest absolute Gasteiger partial charge is 0.457 e. The fraction of sp³-hybridized carbons (Fsp3) is 0.889. The zero-order valence-electron chi connectivity index (χ0n) is 8.34. The van der Waals surface area contributed by atoms with Crippen molar-refractivity contribution in [3.63, 3.8) is 0 Å². The maximum absolute atomic E-state index is 11.1. The standard InChI is InChI=1S/C9H16O5/c1-3-13-8-6(11)9(12)14-7(8)5(2)4-10/h5-8,10-11H,3-4H2,1-2H3/t5-,6?,7?,8?/m0/s1. The molecule has 1 heterocycles. The zero-order chi connectivity index (χ0) is 10.7. The summed E-state index contributed by atoms with van der Waals surface area (Å²) >= 11 is 0. The molecule has 0 radical (unpaired) electrons. The summed E-state index contributed by atoms with van der Waals surface area (Å²) in [6.45, 7) is 3.81. The summed E-state index contributed by atoms with van der Waals surface area (Å²) in [7, 11) is 0. The molecule has 0 amide bonds. The van der Waals surface area contributed by atoms with E-state index in [9.17, 15) is 9.90 Å². The summed E-state index contributed by atoms with van der Waals surface area (Å²) in [5.74, 6) is -0.901. The molecule has 0 bridgehead atoms. The first-order valence-electron chi connectivity index (χ1n) is 4.72. The lowest BCUT2D eigenvalue weighted by atomic mass is 9.99. The highest BCUT2D eigenvalue weighted by atomic mass is 16.6. The Bertz CT molecular complexity index is 205. The van der Waals surface area contributed by atoms with Crippen molar-refractivity contribution in [3.8, 4) is 0 Å². The van der Waals surface area contributed by atoms with E-state index in [0.717, 1.165) is 0 Å². The molecule has 3 unspecified atom stereocenters. The summed E-state index contributed by atoms with van der Waals surface area (Å²) in [6, 6.07) is 0. The van der Waals surface area contributed by atoms with Crippen molar-refractivity contribution in [2.75, 3.05) is 13.2 Å². The number of rotatable bonds is 4. The molecule has 1 aliphatic heterocycles. The highest BCUT2D eigenvalue weighted by Crippen LogP contribution is 2.24. The average molecular weight is 204 g/mol. The Morgan fingerprint density at radius 2 is 2.29 bits per heavy atom. The van der Waals surface area contributed by atoms with E-state index in [2.05, 4.69) is 0 Å². The summed E-state index contributed by atoms with van der Waals surface area (Å²) in [5.41, 5.74) is 0. The molecule has 0 aromatic carbocycles. The van der Waals surface area contributed by atoms with E-state index < -0.39 is 24.3 Å². The van der Waals surface area contributed by atoms with Gasteiger partial charge in [0.15, 0.2) is 6.10 Å². The molecule has 5 heteroatoms. The van der Waals surface area contributed by atoms with Gasteiger partial charge in [0.2, 0.25) is 0 Å². The Labute approximate surface area is 82.6 Å². The van der Waals surface area contributed by atoms with Crippen molar-refractivity contribution in [1.82, 2.24) is 0 Å². The highest BCUT2D eigenvalue weighted by molar-refractivity contribution is 5.77. The topological polar surface area (TPSA) is 76.0 Å². The molecular weight excluding hydrogens is 188 g/mol. The molecule has 0 aliphatic carbocycles. The molecule has 1 aliphatic rings. The molecule has 2 N–H and O–H groups in total. The van der Waals surface area contributed by atoms with Gasteiger partial charge in [-0.15, -0.1) is 0 Å². The van der Waals surface area contributed by atoms with E-state index in [-0.39, 0.29) is 12.5 Å². The van der Waals surface area contributed by atoms with Gasteiger partial charge in [0.05, 0.1) is 0 Å². The van der Waals surface area contributed by atoms with E-state index in [1.54, 1.807) is 13.8 Å². The van der Waals surface area contributed by atoms with Gasteiger partial charge in [-0.1, -0.05) is 6.92 Å². The first kappa shape index (κ1) is 11.4. The van der Waals surface area contributed by atoms with E-state index in [4.69, 9.17) is 14.6 Å². The van der Waals surface area contributed by atoms with Crippen LogP contribution in [0.25, 0.3) is 0 Å². The van der Waals surface area contributed by atoms with Crippen molar-refractivity contribution >= 4 is 5.97 Å². The number of cyclic esters (lactones) is 1. The van der Waals surface area contributed by atoms with E-state index in [0.29, 0.717) is 6.61 Å². The lowest BCUT2D eigenvalue weighted by Crippen LogP contribution is -2.38. The molecule has 0 aromatic heterocycles. The molecule has 14 heavy (non-hydrogen) atoms. The summed E-state index contributed by atoms with van der Waals surface area (Å²) in [6.07, 6.45) is -2.44. The number of hydrogen-bond acceptors (Lipinski definition) is 5. The maximum atomic E-state index is 11.1. The van der Waals surface area contributed by atoms with Gasteiger partial charge in [0.1, 0.15) is 12.2 Å². The molecule has 0 saturated carbocycles. The third-order valence-corrected chi connectivity index (χ3v) is 2.34. The predicted molar refractivity (Wildman–Crippen MR) is 47.6 cm³/mol. The fourth-order valence-electron chi connectivity index (χ4n) is 1.51. The molecule has 4 atom stereocenters. The average Bonchev–Trinajstić information content (AvgIpc) is 2.45. The van der Waals surface area contributed by atoms with Crippen LogP contribution in [0.15, 0.2) is 0 Å². The summed E-state index contributed by atoms with van der Waals surface area (Å²) in [5, 5.41) is 18.3. The first-order chi connectivity index (χ1) is 6.61. The molecule has 82 valence electrons. The van der Waals surface area contributed by atoms with Crippen LogP contribution >= 0.6 is 0 Å². The van der Waals surface area contributed by atoms with Gasteiger partial charge in [-0.2, -0.15) is 0 Å². The minimum atomic E-state index is -1.23. The smallest absolute Gasteiger partial charge is 0.338 e. The first-order valence-corrected chi connectivity index (χ1v) is 4.72. The van der Waals surface area contributed by atoms with Crippen molar-refractivity contribution in [2.24, 2.45) is 5.92 Å². The van der Waals surface area contributed by atoms with Crippen LogP contribution in [0.4, 0.5) is 0 Å². The number of esters is 1. The zero-order valence-corrected chi connectivity index (χ0v) is 8.34. The number of aliphatic hydroxyl groups is 2. The number of hydrogen-bond donors (Lipinski definition) is 2. The Morgan fingerprint density at radius 3 is 2.79 bits per heavy atom. The lowest BCUT2D eigenvalue weighted by molar-refractivity contribution is -0.148. The number of carbonyl (C=O) groups is 1. The molecule has 1 fully saturated rings. The van der Waals surface area contributed by atoms with Crippen molar-refractivity contribution in [2.45, 2.75) is 32.2 Å². The normalized spacial score (nSPS) is 34.3. The number of carbonyl (C=O) groups excluding carboxylic acids is 1. The van der Waals surface area contributed by atoms with Gasteiger partial charge < -0.3 is 19.7 Å². The van der Waals surface area contributed by atoms with Crippen LogP contribution in [0.3, 0.4) is 0 Å². The molecule has 1 rings (SSSR count). The fourth-order valence-corrected chi connectivity index (χ4v) is 1.51. The van der Waals surface area contributed by atoms with Gasteiger partial charge in [0, 0.05) is 19.1 Å². The number of ether oxygens (including phenoxy) is 2. The predicted octanol–water partition coefficient (Wildman–Crippen LogP) is -0.694. The summed E-state index contributed by atoms with van der Waals surface area (Å²) < 4.78 is 10.1. The third kappa shape index (κ3) is 2.05. The molecule has 5 nitrogen and oxygen atoms in total. The SMILES string of the molecule is CCOC1C(O)C(=O)OC1[C@@H](C)CO. The van der Waals surface area contributed by atoms with Crippen LogP contribution in [0.1, 0.15) is 13.8 Å². The van der Waals surface area contributed by atoms with Crippen LogP contribution in [-0.2, 0) is 14.3 Å². The lowest BCUT2D eigenvalue weighted by Gasteiger charge is -2.22. The Hall–Kier alpha value is -0.650. The second-order valence-electron chi connectivity index (χ2n) is 3.43. The molecule has 0 aromatic rings. The monoisotopic (exact) mass is 204 g/mol. The minimum Gasteiger partial charge on any atom is -0.457 e. The highest BCUT2D eigenvalue weighted by Gasteiger charge is 2.46. The Morgan fingerprint density at radius 1 is 1.64 bits per heavy atom. The third-order valence-electron chi connectivity index (χ3n) is 2.34. The van der Waals surface area contributed by atoms with Gasteiger partial charge in [0.25, 0.3) is 0 Å². The van der Waals surface area contributed by atoms with Crippen molar-refractivity contribution < 1.29 is 24.5 Å². The van der Waals surface area contributed by atoms with Crippen molar-refractivity contribution in [1.29, 1.82) is 0 Å². The van der Waals surface area contributed by atoms with Gasteiger partial charge in [-0.3, -0.25) is 0 Å². The minimum absolute atomic E-state index is 0.103. The summed E-state index contributed by atoms with van der Waals surface area (Å²) in [4.78, 5) is 11.1. The van der Waals surface area contributed by atoms with Crippen LogP contribution in [0, 0.1) is 5.92 Å². The second kappa shape index (κ2) is 4.72. The van der Waals surface area contributed by atoms with E-state index in [1.807, 2.05) is 0 Å². The van der Waals surface area contributed by atoms with Crippen LogP contribution < -0.4 is 0 Å².